The number of furan rings is 1. The van der Waals surface area contributed by atoms with Crippen LogP contribution in [0, 0.1) is 12.7 Å². The highest BCUT2D eigenvalue weighted by atomic mass is 19.1. The molecule has 0 atom stereocenters. The van der Waals surface area contributed by atoms with Gasteiger partial charge in [-0.2, -0.15) is 0 Å². The number of pyridine rings is 1. The summed E-state index contributed by atoms with van der Waals surface area (Å²) in [6.07, 6.45) is 2.15. The number of rotatable bonds is 7. The molecule has 29 heavy (non-hydrogen) atoms. The lowest BCUT2D eigenvalue weighted by Crippen LogP contribution is -2.35. The number of anilines is 1. The highest BCUT2D eigenvalue weighted by Crippen LogP contribution is 2.25. The number of hydrogen-bond donors (Lipinski definition) is 1. The van der Waals surface area contributed by atoms with Crippen molar-refractivity contribution in [1.82, 2.24) is 9.88 Å². The average molecular weight is 395 g/mol. The zero-order chi connectivity index (χ0) is 20.8. The van der Waals surface area contributed by atoms with E-state index in [0.717, 1.165) is 5.56 Å². The van der Waals surface area contributed by atoms with E-state index in [9.17, 15) is 14.0 Å². The number of amides is 2. The third-order valence-corrected chi connectivity index (χ3v) is 4.38. The van der Waals surface area contributed by atoms with Crippen molar-refractivity contribution in [1.29, 1.82) is 0 Å². The van der Waals surface area contributed by atoms with Crippen LogP contribution in [0.5, 0.6) is 0 Å². The first kappa shape index (κ1) is 20.3. The van der Waals surface area contributed by atoms with Gasteiger partial charge in [0.2, 0.25) is 11.8 Å². The molecule has 2 aromatic heterocycles. The number of aromatic nitrogens is 1. The molecular weight excluding hydrogens is 373 g/mol. The standard InChI is InChI=1S/C22H22FN3O3/c1-15-11-12-24-20(13-15)25-21(27)14-26(2)22(28)10-8-16-7-9-19(29-16)17-5-3-4-6-18(17)23/h3-7,9,11-13H,8,10,14H2,1-2H3,(H,24,25,27). The number of halogens is 1. The average Bonchev–Trinajstić information content (AvgIpc) is 3.15. The predicted octanol–water partition coefficient (Wildman–Crippen LogP) is 3.82. The Morgan fingerprint density at radius 3 is 2.72 bits per heavy atom. The minimum atomic E-state index is -0.363. The molecule has 0 unspecified atom stereocenters. The maximum absolute atomic E-state index is 13.8. The van der Waals surface area contributed by atoms with Crippen molar-refractivity contribution in [2.45, 2.75) is 19.8 Å². The maximum atomic E-state index is 13.8. The Balaban J connectivity index is 1.50. The first-order valence-electron chi connectivity index (χ1n) is 9.22. The summed E-state index contributed by atoms with van der Waals surface area (Å²) in [5.41, 5.74) is 1.36. The molecule has 150 valence electrons. The minimum absolute atomic E-state index is 0.0763. The third-order valence-electron chi connectivity index (χ3n) is 4.38. The zero-order valence-corrected chi connectivity index (χ0v) is 16.3. The number of likely N-dealkylation sites (N-methyl/N-ethyl adjacent to an activating group) is 1. The molecule has 0 bridgehead atoms. The molecule has 2 heterocycles. The molecular formula is C22H22FN3O3. The molecule has 0 aliphatic rings. The van der Waals surface area contributed by atoms with Crippen LogP contribution in [-0.4, -0.2) is 35.3 Å². The van der Waals surface area contributed by atoms with Crippen molar-refractivity contribution in [3.63, 3.8) is 0 Å². The van der Waals surface area contributed by atoms with Crippen LogP contribution in [0.25, 0.3) is 11.3 Å². The van der Waals surface area contributed by atoms with Gasteiger partial charge >= 0.3 is 0 Å². The number of nitrogens with zero attached hydrogens (tertiary/aromatic N) is 2. The van der Waals surface area contributed by atoms with Gasteiger partial charge in [-0.1, -0.05) is 12.1 Å². The molecule has 0 spiro atoms. The van der Waals surface area contributed by atoms with Gasteiger partial charge in [0.1, 0.15) is 23.2 Å². The number of aryl methyl sites for hydroxylation is 2. The number of nitrogens with one attached hydrogen (secondary N) is 1. The highest BCUT2D eigenvalue weighted by Gasteiger charge is 2.15. The molecule has 0 saturated heterocycles. The quantitative estimate of drug-likeness (QED) is 0.660. The Morgan fingerprint density at radius 1 is 1.17 bits per heavy atom. The van der Waals surface area contributed by atoms with Crippen molar-refractivity contribution in [3.05, 3.63) is 71.9 Å². The predicted molar refractivity (Wildman–Crippen MR) is 108 cm³/mol. The fourth-order valence-electron chi connectivity index (χ4n) is 2.83. The van der Waals surface area contributed by atoms with Crippen LogP contribution in [0.15, 0.2) is 59.1 Å². The van der Waals surface area contributed by atoms with E-state index in [1.807, 2.05) is 13.0 Å². The second-order valence-electron chi connectivity index (χ2n) is 6.76. The van der Waals surface area contributed by atoms with Gasteiger partial charge in [-0.05, 0) is 48.9 Å². The second kappa shape index (κ2) is 9.14. The fourth-order valence-corrected chi connectivity index (χ4v) is 2.83. The molecule has 3 aromatic rings. The van der Waals surface area contributed by atoms with E-state index in [4.69, 9.17) is 4.42 Å². The number of carbonyl (C=O) groups is 2. The summed E-state index contributed by atoms with van der Waals surface area (Å²) in [5.74, 6) is 0.577. The molecule has 0 radical (unpaired) electrons. The van der Waals surface area contributed by atoms with Gasteiger partial charge in [0.25, 0.3) is 0 Å². The molecule has 0 aliphatic carbocycles. The fraction of sp³-hybridized carbons (Fsp3) is 0.227. The maximum Gasteiger partial charge on any atom is 0.245 e. The third kappa shape index (κ3) is 5.51. The summed E-state index contributed by atoms with van der Waals surface area (Å²) in [6, 6.07) is 13.3. The Kier molecular flexibility index (Phi) is 6.39. The van der Waals surface area contributed by atoms with Gasteiger partial charge in [0, 0.05) is 26.1 Å². The van der Waals surface area contributed by atoms with Crippen molar-refractivity contribution in [2.24, 2.45) is 0 Å². The molecule has 1 N–H and O–H groups in total. The number of benzene rings is 1. The van der Waals surface area contributed by atoms with E-state index in [-0.39, 0.29) is 30.6 Å². The monoisotopic (exact) mass is 395 g/mol. The van der Waals surface area contributed by atoms with E-state index in [1.165, 1.54) is 11.0 Å². The van der Waals surface area contributed by atoms with E-state index in [1.54, 1.807) is 49.6 Å². The molecule has 2 amide bonds. The first-order chi connectivity index (χ1) is 13.9. The van der Waals surface area contributed by atoms with Crippen LogP contribution in [0.2, 0.25) is 0 Å². The second-order valence-corrected chi connectivity index (χ2v) is 6.76. The van der Waals surface area contributed by atoms with Gasteiger partial charge in [-0.25, -0.2) is 9.37 Å². The van der Waals surface area contributed by atoms with Crippen LogP contribution in [0.4, 0.5) is 10.2 Å². The van der Waals surface area contributed by atoms with Crippen molar-refractivity contribution in [3.8, 4) is 11.3 Å². The van der Waals surface area contributed by atoms with Crippen LogP contribution >= 0.6 is 0 Å². The summed E-state index contributed by atoms with van der Waals surface area (Å²) >= 11 is 0. The Hall–Kier alpha value is -3.48. The summed E-state index contributed by atoms with van der Waals surface area (Å²) < 4.78 is 19.5. The Morgan fingerprint density at radius 2 is 1.97 bits per heavy atom. The largest absolute Gasteiger partial charge is 0.461 e. The van der Waals surface area contributed by atoms with E-state index in [0.29, 0.717) is 29.3 Å². The summed E-state index contributed by atoms with van der Waals surface area (Å²) in [4.78, 5) is 29.8. The van der Waals surface area contributed by atoms with Gasteiger partial charge < -0.3 is 14.6 Å². The molecule has 1 aromatic carbocycles. The van der Waals surface area contributed by atoms with Gasteiger partial charge in [-0.15, -0.1) is 0 Å². The van der Waals surface area contributed by atoms with E-state index >= 15 is 0 Å². The minimum Gasteiger partial charge on any atom is -0.461 e. The smallest absolute Gasteiger partial charge is 0.245 e. The molecule has 6 nitrogen and oxygen atoms in total. The lowest BCUT2D eigenvalue weighted by molar-refractivity contribution is -0.133. The van der Waals surface area contributed by atoms with E-state index < -0.39 is 0 Å². The molecule has 7 heteroatoms. The first-order valence-corrected chi connectivity index (χ1v) is 9.22. The molecule has 0 fully saturated rings. The molecule has 0 saturated carbocycles. The van der Waals surface area contributed by atoms with Gasteiger partial charge in [0.15, 0.2) is 0 Å². The highest BCUT2D eigenvalue weighted by molar-refractivity contribution is 5.93. The van der Waals surface area contributed by atoms with Crippen LogP contribution in [0.1, 0.15) is 17.7 Å². The normalized spacial score (nSPS) is 10.6. The summed E-state index contributed by atoms with van der Waals surface area (Å²) in [5, 5.41) is 2.67. The van der Waals surface area contributed by atoms with E-state index in [2.05, 4.69) is 10.3 Å². The Labute approximate surface area is 168 Å². The van der Waals surface area contributed by atoms with Crippen LogP contribution < -0.4 is 5.32 Å². The lowest BCUT2D eigenvalue weighted by Gasteiger charge is -2.16. The Bertz CT molecular complexity index is 1020. The van der Waals surface area contributed by atoms with Crippen LogP contribution in [0.3, 0.4) is 0 Å². The van der Waals surface area contributed by atoms with Gasteiger partial charge in [0.05, 0.1) is 12.1 Å². The van der Waals surface area contributed by atoms with Crippen LogP contribution in [-0.2, 0) is 16.0 Å². The van der Waals surface area contributed by atoms with Crippen molar-refractivity contribution in [2.75, 3.05) is 18.9 Å². The summed E-state index contributed by atoms with van der Waals surface area (Å²) in [7, 11) is 1.57. The SMILES string of the molecule is Cc1ccnc(NC(=O)CN(C)C(=O)CCc2ccc(-c3ccccc3F)o2)c1. The zero-order valence-electron chi connectivity index (χ0n) is 16.3. The molecule has 0 aliphatic heterocycles. The molecule has 3 rings (SSSR count). The summed E-state index contributed by atoms with van der Waals surface area (Å²) in [6.45, 7) is 1.83. The number of carbonyl (C=O) groups excluding carboxylic acids is 2. The van der Waals surface area contributed by atoms with Gasteiger partial charge in [-0.3, -0.25) is 9.59 Å². The number of hydrogen-bond acceptors (Lipinski definition) is 4. The van der Waals surface area contributed by atoms with Crippen molar-refractivity contribution >= 4 is 17.6 Å². The topological polar surface area (TPSA) is 75.4 Å². The lowest BCUT2D eigenvalue weighted by atomic mass is 10.1. The van der Waals surface area contributed by atoms with Crippen molar-refractivity contribution < 1.29 is 18.4 Å².